The van der Waals surface area contributed by atoms with Gasteiger partial charge in [-0.2, -0.15) is 0 Å². The van der Waals surface area contributed by atoms with E-state index in [1.54, 1.807) is 0 Å². The summed E-state index contributed by atoms with van der Waals surface area (Å²) in [4.78, 5) is 39.1. The fourth-order valence-corrected chi connectivity index (χ4v) is 5.72. The van der Waals surface area contributed by atoms with E-state index in [2.05, 4.69) is 0 Å². The van der Waals surface area contributed by atoms with E-state index < -0.39 is 5.60 Å². The summed E-state index contributed by atoms with van der Waals surface area (Å²) in [6.07, 6.45) is 3.68. The molecule has 2 aliphatic heterocycles. The number of rotatable bonds is 2. The van der Waals surface area contributed by atoms with Gasteiger partial charge in [-0.05, 0) is 43.7 Å². The van der Waals surface area contributed by atoms with Gasteiger partial charge in [0.05, 0.1) is 17.9 Å². The molecule has 0 aromatic heterocycles. The number of amides is 2. The highest BCUT2D eigenvalue weighted by Crippen LogP contribution is 2.66. The smallest absolute Gasteiger partial charge is 0.226 e. The Bertz CT molecular complexity index is 837. The summed E-state index contributed by atoms with van der Waals surface area (Å²) in [6, 6.07) is 7.39. The van der Waals surface area contributed by atoms with Crippen LogP contribution in [-0.2, 0) is 9.59 Å². The van der Waals surface area contributed by atoms with Crippen molar-refractivity contribution in [2.24, 2.45) is 29.4 Å². The number of nitrogens with zero attached hydrogens (tertiary/aromatic N) is 1. The van der Waals surface area contributed by atoms with E-state index in [-0.39, 0.29) is 35.4 Å². The van der Waals surface area contributed by atoms with Gasteiger partial charge in [0.15, 0.2) is 5.78 Å². The maximum Gasteiger partial charge on any atom is 0.226 e. The minimum atomic E-state index is -0.532. The normalized spacial score (nSPS) is 36.7. The maximum atomic E-state index is 13.1. The predicted octanol–water partition coefficient (Wildman–Crippen LogP) is 1.77. The van der Waals surface area contributed by atoms with E-state index in [0.717, 1.165) is 25.7 Å². The van der Waals surface area contributed by atoms with E-state index in [9.17, 15) is 14.4 Å². The van der Waals surface area contributed by atoms with E-state index in [4.69, 9.17) is 10.5 Å². The van der Waals surface area contributed by atoms with Crippen LogP contribution < -0.4 is 10.5 Å². The van der Waals surface area contributed by atoms with Crippen molar-refractivity contribution < 1.29 is 19.1 Å². The molecule has 2 aliphatic carbocycles. The van der Waals surface area contributed by atoms with Crippen LogP contribution >= 0.6 is 0 Å². The topological polar surface area (TPSA) is 89.7 Å². The van der Waals surface area contributed by atoms with Crippen molar-refractivity contribution in [1.29, 1.82) is 0 Å². The number of hydrogen-bond acceptors (Lipinski definition) is 4. The summed E-state index contributed by atoms with van der Waals surface area (Å²) in [7, 11) is 0. The molecule has 1 spiro atoms. The summed E-state index contributed by atoms with van der Waals surface area (Å²) in [5.41, 5.74) is 5.57. The lowest BCUT2D eigenvalue weighted by molar-refractivity contribution is -0.137. The predicted molar refractivity (Wildman–Crippen MR) is 97.0 cm³/mol. The third kappa shape index (κ3) is 2.49. The molecule has 27 heavy (non-hydrogen) atoms. The zero-order valence-corrected chi connectivity index (χ0v) is 15.2. The van der Waals surface area contributed by atoms with Gasteiger partial charge in [0, 0.05) is 24.9 Å². The molecular formula is C21H24N2O4. The number of likely N-dealkylation sites (tertiary alicyclic amines) is 1. The van der Waals surface area contributed by atoms with Gasteiger partial charge in [-0.25, -0.2) is 0 Å². The second-order valence-electron chi connectivity index (χ2n) is 8.54. The first kappa shape index (κ1) is 16.8. The number of fused-ring (bicyclic) bond motifs is 3. The molecule has 1 aromatic rings. The zero-order chi connectivity index (χ0) is 18.8. The number of benzene rings is 1. The molecule has 0 radical (unpaired) electrons. The average Bonchev–Trinajstić information content (AvgIpc) is 3.32. The van der Waals surface area contributed by atoms with Gasteiger partial charge < -0.3 is 15.4 Å². The zero-order valence-electron chi connectivity index (χ0n) is 15.2. The SMILES string of the molecule is NC(=O)[C@H]1CCCN(C(=O)[C@@H]2[C@H]3CC[C@@]4(CC(=O)c5ccccc5O4)[C@H]32)C1. The highest BCUT2D eigenvalue weighted by molar-refractivity contribution is 6.00. The third-order valence-corrected chi connectivity index (χ3v) is 7.06. The summed E-state index contributed by atoms with van der Waals surface area (Å²) in [6.45, 7) is 1.12. The summed E-state index contributed by atoms with van der Waals surface area (Å²) >= 11 is 0. The molecular weight excluding hydrogens is 344 g/mol. The molecule has 3 fully saturated rings. The van der Waals surface area contributed by atoms with Gasteiger partial charge in [-0.3, -0.25) is 14.4 Å². The molecule has 1 saturated heterocycles. The summed E-state index contributed by atoms with van der Waals surface area (Å²) in [5, 5.41) is 0. The Hall–Kier alpha value is -2.37. The van der Waals surface area contributed by atoms with Gasteiger partial charge in [-0.15, -0.1) is 0 Å². The molecule has 5 rings (SSSR count). The number of para-hydroxylation sites is 1. The van der Waals surface area contributed by atoms with Gasteiger partial charge in [0.25, 0.3) is 0 Å². The number of hydrogen-bond donors (Lipinski definition) is 1. The number of ether oxygens (including phenoxy) is 1. The van der Waals surface area contributed by atoms with Crippen molar-refractivity contribution >= 4 is 17.6 Å². The quantitative estimate of drug-likeness (QED) is 0.861. The van der Waals surface area contributed by atoms with Crippen LogP contribution in [0.25, 0.3) is 0 Å². The standard InChI is InChI=1S/C21H24N2O4/c22-19(25)12-4-3-9-23(11-12)20(26)17-14-7-8-21(18(14)17)10-15(24)13-5-1-2-6-16(13)27-21/h1-2,5-6,12,14,17-18H,3-4,7-11H2,(H2,22,25)/t12-,14+,17+,18+,21+/m0/s1. The van der Waals surface area contributed by atoms with Crippen molar-refractivity contribution in [1.82, 2.24) is 4.90 Å². The first-order valence-electron chi connectivity index (χ1n) is 9.89. The lowest BCUT2D eigenvalue weighted by Gasteiger charge is -2.38. The monoisotopic (exact) mass is 368 g/mol. The van der Waals surface area contributed by atoms with Crippen LogP contribution in [0.2, 0.25) is 0 Å². The van der Waals surface area contributed by atoms with Crippen LogP contribution in [-0.4, -0.2) is 41.2 Å². The number of ketones is 1. The first-order chi connectivity index (χ1) is 13.0. The minimum Gasteiger partial charge on any atom is -0.486 e. The second-order valence-corrected chi connectivity index (χ2v) is 8.54. The van der Waals surface area contributed by atoms with Crippen molar-refractivity contribution in [3.8, 4) is 5.75 Å². The van der Waals surface area contributed by atoms with Crippen molar-refractivity contribution in [2.45, 2.75) is 37.7 Å². The van der Waals surface area contributed by atoms with Crippen molar-refractivity contribution in [2.75, 3.05) is 13.1 Å². The van der Waals surface area contributed by atoms with Crippen molar-refractivity contribution in [3.05, 3.63) is 29.8 Å². The molecule has 0 bridgehead atoms. The Morgan fingerprint density at radius 3 is 2.85 bits per heavy atom. The Morgan fingerprint density at radius 1 is 1.22 bits per heavy atom. The van der Waals surface area contributed by atoms with Crippen LogP contribution in [0.15, 0.2) is 24.3 Å². The number of Topliss-reactive ketones (excluding diaryl/α,β-unsaturated/α-hetero) is 1. The number of carbonyl (C=O) groups excluding carboxylic acids is 3. The highest BCUT2D eigenvalue weighted by Gasteiger charge is 2.71. The molecule has 2 N–H and O–H groups in total. The Morgan fingerprint density at radius 2 is 2.04 bits per heavy atom. The van der Waals surface area contributed by atoms with Crippen LogP contribution in [0.4, 0.5) is 0 Å². The molecule has 6 heteroatoms. The van der Waals surface area contributed by atoms with E-state index in [0.29, 0.717) is 36.7 Å². The van der Waals surface area contributed by atoms with Crippen molar-refractivity contribution in [3.63, 3.8) is 0 Å². The Balaban J connectivity index is 1.35. The number of nitrogens with two attached hydrogens (primary N) is 1. The molecule has 2 saturated carbocycles. The van der Waals surface area contributed by atoms with Gasteiger partial charge in [0.1, 0.15) is 11.4 Å². The van der Waals surface area contributed by atoms with Crippen LogP contribution in [0.3, 0.4) is 0 Å². The molecule has 5 atom stereocenters. The Labute approximate surface area is 158 Å². The molecule has 6 nitrogen and oxygen atoms in total. The molecule has 0 unspecified atom stereocenters. The van der Waals surface area contributed by atoms with Gasteiger partial charge in [-0.1, -0.05) is 12.1 Å². The molecule has 2 heterocycles. The van der Waals surface area contributed by atoms with Crippen LogP contribution in [0.1, 0.15) is 42.5 Å². The maximum absolute atomic E-state index is 13.1. The lowest BCUT2D eigenvalue weighted by Crippen LogP contribution is -2.47. The molecule has 1 aromatic carbocycles. The van der Waals surface area contributed by atoms with Crippen LogP contribution in [0, 0.1) is 23.7 Å². The van der Waals surface area contributed by atoms with E-state index >= 15 is 0 Å². The lowest BCUT2D eigenvalue weighted by atomic mass is 9.84. The summed E-state index contributed by atoms with van der Waals surface area (Å²) < 4.78 is 6.37. The van der Waals surface area contributed by atoms with Crippen LogP contribution in [0.5, 0.6) is 5.75 Å². The fourth-order valence-electron chi connectivity index (χ4n) is 5.72. The van der Waals surface area contributed by atoms with E-state index in [1.807, 2.05) is 29.2 Å². The summed E-state index contributed by atoms with van der Waals surface area (Å²) in [5.74, 6) is 0.642. The van der Waals surface area contributed by atoms with E-state index in [1.165, 1.54) is 0 Å². The molecule has 2 amide bonds. The minimum absolute atomic E-state index is 0.0801. The van der Waals surface area contributed by atoms with Gasteiger partial charge in [0.2, 0.25) is 11.8 Å². The number of piperidine rings is 1. The molecule has 4 aliphatic rings. The molecule has 142 valence electrons. The highest BCUT2D eigenvalue weighted by atomic mass is 16.5. The number of carbonyl (C=O) groups is 3. The average molecular weight is 368 g/mol. The second kappa shape index (κ2) is 5.81. The van der Waals surface area contributed by atoms with Gasteiger partial charge >= 0.3 is 0 Å². The Kier molecular flexibility index (Phi) is 3.61. The third-order valence-electron chi connectivity index (χ3n) is 7.06. The largest absolute Gasteiger partial charge is 0.486 e. The fraction of sp³-hybridized carbons (Fsp3) is 0.571. The number of primary amides is 1. The first-order valence-corrected chi connectivity index (χ1v) is 9.89.